The van der Waals surface area contributed by atoms with Crippen LogP contribution in [0, 0.1) is 0 Å². The first-order chi connectivity index (χ1) is 27.0. The summed E-state index contributed by atoms with van der Waals surface area (Å²) >= 11 is 1.85. The highest BCUT2D eigenvalue weighted by Gasteiger charge is 2.42. The van der Waals surface area contributed by atoms with Gasteiger partial charge < -0.3 is 18.5 Å². The molecule has 2 aliphatic rings. The van der Waals surface area contributed by atoms with Gasteiger partial charge in [0.1, 0.15) is 34.2 Å². The third-order valence-electron chi connectivity index (χ3n) is 12.2. The molecule has 4 nitrogen and oxygen atoms in total. The predicted octanol–water partition coefficient (Wildman–Crippen LogP) is 12.4. The van der Waals surface area contributed by atoms with Gasteiger partial charge in [0.2, 0.25) is 0 Å². The van der Waals surface area contributed by atoms with Crippen molar-refractivity contribution in [1.82, 2.24) is 4.57 Å². The Bertz CT molecular complexity index is 3230. The van der Waals surface area contributed by atoms with E-state index in [0.717, 1.165) is 67.1 Å². The average molecular weight is 744 g/mol. The second-order valence-electron chi connectivity index (χ2n) is 17.7. The lowest BCUT2D eigenvalue weighted by atomic mass is 9.34. The third kappa shape index (κ3) is 4.31. The highest BCUT2D eigenvalue weighted by Crippen LogP contribution is 2.51. The van der Waals surface area contributed by atoms with Crippen LogP contribution in [0.1, 0.15) is 52.7 Å². The number of fused-ring (bicyclic) bond motifs is 16. The van der Waals surface area contributed by atoms with Crippen molar-refractivity contribution in [2.75, 3.05) is 0 Å². The molecule has 10 aromatic rings. The fraction of sp³-hybridized carbons (Fsp3) is 0.160. The molecule has 0 saturated heterocycles. The molecule has 3 aromatic heterocycles. The van der Waals surface area contributed by atoms with E-state index >= 15 is 0 Å². The molecule has 6 heteroatoms. The summed E-state index contributed by atoms with van der Waals surface area (Å²) < 4.78 is 25.8. The number of benzene rings is 7. The van der Waals surface area contributed by atoms with Crippen molar-refractivity contribution in [2.45, 2.75) is 52.4 Å². The van der Waals surface area contributed by atoms with Crippen LogP contribution in [-0.2, 0) is 10.8 Å². The van der Waals surface area contributed by atoms with Gasteiger partial charge in [0.05, 0.1) is 22.1 Å². The fourth-order valence-corrected chi connectivity index (χ4v) is 10.7. The van der Waals surface area contributed by atoms with Crippen molar-refractivity contribution in [2.24, 2.45) is 0 Å². The zero-order chi connectivity index (χ0) is 37.8. The molecular formula is C50H38BNO3S. The smallest absolute Gasteiger partial charge is 0.260 e. The standard InChI is InChI=1S/C50H38BNO3S/c1-49(2,3)27-19-21-37-33(23-27)51-34-24-28(50(4,5)6)20-22-38(34)54-40-26-29(25-39(53-37)45(40)51)52-35-16-10-7-13-30(35)43-46(52)42-31-14-8-11-17-36(31)55-47(42)44-32-15-9-12-18-41(32)56-48(43)44/h7-26H,1-6H3. The molecule has 0 bridgehead atoms. The molecule has 2 aliphatic heterocycles. The Balaban J connectivity index is 1.20. The summed E-state index contributed by atoms with van der Waals surface area (Å²) in [5.41, 5.74) is 11.1. The first-order valence-electron chi connectivity index (χ1n) is 19.5. The molecule has 5 heterocycles. The molecule has 12 rings (SSSR count). The van der Waals surface area contributed by atoms with E-state index in [1.165, 1.54) is 53.0 Å². The van der Waals surface area contributed by atoms with Crippen LogP contribution < -0.4 is 25.9 Å². The Hall–Kier alpha value is -5.98. The Labute approximate surface area is 329 Å². The van der Waals surface area contributed by atoms with Crippen molar-refractivity contribution < 1.29 is 13.9 Å². The number of thiophene rings is 1. The van der Waals surface area contributed by atoms with E-state index in [1.807, 2.05) is 11.3 Å². The molecule has 0 amide bonds. The highest BCUT2D eigenvalue weighted by atomic mass is 32.1. The van der Waals surface area contributed by atoms with E-state index in [2.05, 4.69) is 167 Å². The molecule has 270 valence electrons. The largest absolute Gasteiger partial charge is 0.458 e. The lowest BCUT2D eigenvalue weighted by Crippen LogP contribution is -2.57. The molecule has 0 atom stereocenters. The topological polar surface area (TPSA) is 36.5 Å². The second kappa shape index (κ2) is 10.9. The maximum atomic E-state index is 7.01. The van der Waals surface area contributed by atoms with Crippen LogP contribution >= 0.6 is 11.3 Å². The van der Waals surface area contributed by atoms with Gasteiger partial charge in [-0.1, -0.05) is 120 Å². The van der Waals surface area contributed by atoms with Crippen LogP contribution in [0.15, 0.2) is 126 Å². The molecule has 0 fully saturated rings. The Morgan fingerprint density at radius 2 is 1.14 bits per heavy atom. The molecular weight excluding hydrogens is 705 g/mol. The molecule has 7 aromatic carbocycles. The van der Waals surface area contributed by atoms with Crippen molar-refractivity contribution >= 4 is 98.4 Å². The van der Waals surface area contributed by atoms with Gasteiger partial charge in [-0.3, -0.25) is 0 Å². The lowest BCUT2D eigenvalue weighted by Gasteiger charge is -2.35. The third-order valence-corrected chi connectivity index (χ3v) is 13.4. The molecule has 0 spiro atoms. The normalized spacial score (nSPS) is 13.8. The van der Waals surface area contributed by atoms with Crippen LogP contribution in [0.5, 0.6) is 23.0 Å². The van der Waals surface area contributed by atoms with Crippen molar-refractivity contribution in [3.05, 3.63) is 132 Å². The van der Waals surface area contributed by atoms with Crippen LogP contribution in [0.4, 0.5) is 0 Å². The quantitative estimate of drug-likeness (QED) is 0.157. The number of nitrogens with zero attached hydrogens (tertiary/aromatic N) is 1. The van der Waals surface area contributed by atoms with E-state index in [4.69, 9.17) is 13.9 Å². The van der Waals surface area contributed by atoms with Gasteiger partial charge in [-0.2, -0.15) is 0 Å². The van der Waals surface area contributed by atoms with Gasteiger partial charge in [-0.05, 0) is 63.2 Å². The monoisotopic (exact) mass is 743 g/mol. The summed E-state index contributed by atoms with van der Waals surface area (Å²) in [4.78, 5) is 0. The Morgan fingerprint density at radius 1 is 0.554 bits per heavy atom. The maximum Gasteiger partial charge on any atom is 0.260 e. The van der Waals surface area contributed by atoms with Gasteiger partial charge >= 0.3 is 0 Å². The van der Waals surface area contributed by atoms with E-state index in [9.17, 15) is 0 Å². The zero-order valence-electron chi connectivity index (χ0n) is 32.2. The number of rotatable bonds is 1. The van der Waals surface area contributed by atoms with Crippen molar-refractivity contribution in [3.63, 3.8) is 0 Å². The minimum absolute atomic E-state index is 0.0117. The van der Waals surface area contributed by atoms with E-state index in [0.29, 0.717) is 0 Å². The number of hydrogen-bond acceptors (Lipinski definition) is 4. The minimum Gasteiger partial charge on any atom is -0.458 e. The van der Waals surface area contributed by atoms with E-state index in [1.54, 1.807) is 0 Å². The summed E-state index contributed by atoms with van der Waals surface area (Å²) in [6.45, 7) is 13.6. The SMILES string of the molecule is CC(C)(C)c1ccc2c(c1)B1c3cc(C(C)(C)C)ccc3Oc3cc(-n4c5ccccc5c5c6sc7ccccc7c6c6oc7ccccc7c6c54)cc(c31)O2. The first-order valence-corrected chi connectivity index (χ1v) is 20.3. The highest BCUT2D eigenvalue weighted by molar-refractivity contribution is 7.27. The Kier molecular flexibility index (Phi) is 6.26. The summed E-state index contributed by atoms with van der Waals surface area (Å²) in [5.74, 6) is 3.44. The van der Waals surface area contributed by atoms with Gasteiger partial charge in [0.15, 0.2) is 0 Å². The van der Waals surface area contributed by atoms with Gasteiger partial charge in [0, 0.05) is 53.9 Å². The molecule has 56 heavy (non-hydrogen) atoms. The van der Waals surface area contributed by atoms with Gasteiger partial charge in [-0.15, -0.1) is 11.3 Å². The molecule has 0 aliphatic carbocycles. The Morgan fingerprint density at radius 3 is 1.80 bits per heavy atom. The van der Waals surface area contributed by atoms with Crippen molar-refractivity contribution in [3.8, 4) is 28.7 Å². The number of furan rings is 1. The van der Waals surface area contributed by atoms with Gasteiger partial charge in [0.25, 0.3) is 6.71 Å². The second-order valence-corrected chi connectivity index (χ2v) is 18.7. The van der Waals surface area contributed by atoms with E-state index in [-0.39, 0.29) is 17.5 Å². The fourth-order valence-electron chi connectivity index (χ4n) is 9.43. The molecule has 0 unspecified atom stereocenters. The number of hydrogen-bond donors (Lipinski definition) is 0. The summed E-state index contributed by atoms with van der Waals surface area (Å²) in [6, 6.07) is 44.0. The predicted molar refractivity (Wildman–Crippen MR) is 236 cm³/mol. The lowest BCUT2D eigenvalue weighted by molar-refractivity contribution is 0.463. The van der Waals surface area contributed by atoms with Gasteiger partial charge in [-0.25, -0.2) is 0 Å². The molecule has 0 saturated carbocycles. The summed E-state index contributed by atoms with van der Waals surface area (Å²) in [7, 11) is 0. The average Bonchev–Trinajstić information content (AvgIpc) is 3.86. The maximum absolute atomic E-state index is 7.01. The number of para-hydroxylation sites is 2. The van der Waals surface area contributed by atoms with Crippen LogP contribution in [0.2, 0.25) is 0 Å². The summed E-state index contributed by atoms with van der Waals surface area (Å²) in [6.07, 6.45) is 0. The van der Waals surface area contributed by atoms with Crippen LogP contribution in [0.3, 0.4) is 0 Å². The number of aromatic nitrogens is 1. The van der Waals surface area contributed by atoms with Crippen molar-refractivity contribution in [1.29, 1.82) is 0 Å². The number of ether oxygens (including phenoxy) is 2. The minimum atomic E-state index is -0.0352. The van der Waals surface area contributed by atoms with E-state index < -0.39 is 0 Å². The summed E-state index contributed by atoms with van der Waals surface area (Å²) in [5, 5.41) is 7.07. The van der Waals surface area contributed by atoms with Crippen LogP contribution in [0.25, 0.3) is 69.6 Å². The molecule has 0 N–H and O–H groups in total. The first kappa shape index (κ1) is 32.3. The molecule has 0 radical (unpaired) electrons. The zero-order valence-corrected chi connectivity index (χ0v) is 33.0. The van der Waals surface area contributed by atoms with Crippen LogP contribution in [-0.4, -0.2) is 11.3 Å².